The van der Waals surface area contributed by atoms with Crippen LogP contribution in [0.2, 0.25) is 0 Å². The number of H-pyrrole nitrogens is 1. The minimum atomic E-state index is 0.502. The Kier molecular flexibility index (Phi) is 1.64. The molecule has 4 heteroatoms. The number of hydrogen-bond acceptors (Lipinski definition) is 3. The van der Waals surface area contributed by atoms with Crippen molar-refractivity contribution >= 4 is 11.0 Å². The lowest BCUT2D eigenvalue weighted by atomic mass is 10.2. The molecule has 0 aliphatic heterocycles. The Morgan fingerprint density at radius 3 is 3.08 bits per heavy atom. The highest BCUT2D eigenvalue weighted by Crippen LogP contribution is 2.26. The molecule has 0 bridgehead atoms. The molecule has 0 amide bonds. The molecule has 1 aromatic carbocycles. The number of ether oxygens (including phenoxy) is 1. The number of aromatic amines is 1. The number of nitrogens with one attached hydrogen (secondary N) is 1. The first-order chi connectivity index (χ1) is 6.36. The highest BCUT2D eigenvalue weighted by molar-refractivity contribution is 5.84. The van der Waals surface area contributed by atoms with Crippen LogP contribution in [0.5, 0.6) is 5.75 Å². The van der Waals surface area contributed by atoms with E-state index in [1.165, 1.54) is 7.11 Å². The van der Waals surface area contributed by atoms with Crippen molar-refractivity contribution in [1.82, 2.24) is 9.97 Å². The predicted octanol–water partition coefficient (Wildman–Crippen LogP) is 1.44. The summed E-state index contributed by atoms with van der Waals surface area (Å²) in [6, 6.07) is 5.57. The molecular formula is C9H7N3O. The number of methoxy groups -OCH3 is 1. The molecule has 13 heavy (non-hydrogen) atoms. The van der Waals surface area contributed by atoms with Crippen LogP contribution in [-0.4, -0.2) is 17.1 Å². The summed E-state index contributed by atoms with van der Waals surface area (Å²) in [5.41, 5.74) is 2.07. The Balaban J connectivity index is 2.84. The van der Waals surface area contributed by atoms with Gasteiger partial charge in [0.05, 0.1) is 24.5 Å². The zero-order chi connectivity index (χ0) is 9.26. The van der Waals surface area contributed by atoms with E-state index in [0.717, 1.165) is 5.52 Å². The average Bonchev–Trinajstić information content (AvgIpc) is 2.63. The lowest BCUT2D eigenvalue weighted by Gasteiger charge is -2.01. The highest BCUT2D eigenvalue weighted by atomic mass is 16.5. The van der Waals surface area contributed by atoms with Crippen LogP contribution in [-0.2, 0) is 0 Å². The molecule has 1 heterocycles. The quantitative estimate of drug-likeness (QED) is 0.709. The maximum atomic E-state index is 8.78. The zero-order valence-corrected chi connectivity index (χ0v) is 7.03. The maximum absolute atomic E-state index is 8.78. The van der Waals surface area contributed by atoms with Crippen LogP contribution >= 0.6 is 0 Å². The largest absolute Gasteiger partial charge is 0.493 e. The number of nitrogens with zero attached hydrogens (tertiary/aromatic N) is 2. The van der Waals surface area contributed by atoms with Crippen molar-refractivity contribution in [3.05, 3.63) is 24.0 Å². The van der Waals surface area contributed by atoms with E-state index in [2.05, 4.69) is 9.97 Å². The van der Waals surface area contributed by atoms with Crippen molar-refractivity contribution in [1.29, 1.82) is 5.26 Å². The van der Waals surface area contributed by atoms with Crippen LogP contribution in [0.25, 0.3) is 11.0 Å². The van der Waals surface area contributed by atoms with Gasteiger partial charge in [-0.25, -0.2) is 4.98 Å². The van der Waals surface area contributed by atoms with E-state index in [4.69, 9.17) is 10.00 Å². The summed E-state index contributed by atoms with van der Waals surface area (Å²) in [5.74, 6) is 0.529. The summed E-state index contributed by atoms with van der Waals surface area (Å²) in [6.07, 6.45) is 1.58. The van der Waals surface area contributed by atoms with Crippen molar-refractivity contribution in [2.45, 2.75) is 0 Å². The van der Waals surface area contributed by atoms with Crippen molar-refractivity contribution in [2.24, 2.45) is 0 Å². The first kappa shape index (κ1) is 7.62. The smallest absolute Gasteiger partial charge is 0.164 e. The van der Waals surface area contributed by atoms with E-state index in [-0.39, 0.29) is 0 Å². The average molecular weight is 173 g/mol. The fourth-order valence-electron chi connectivity index (χ4n) is 1.28. The van der Waals surface area contributed by atoms with Gasteiger partial charge < -0.3 is 9.72 Å². The molecule has 4 nitrogen and oxygen atoms in total. The number of aromatic nitrogens is 2. The van der Waals surface area contributed by atoms with Gasteiger partial charge in [0.25, 0.3) is 0 Å². The third-order valence-electron chi connectivity index (χ3n) is 1.87. The van der Waals surface area contributed by atoms with Crippen LogP contribution in [0.4, 0.5) is 0 Å². The fourth-order valence-corrected chi connectivity index (χ4v) is 1.28. The molecule has 2 rings (SSSR count). The van der Waals surface area contributed by atoms with Crippen LogP contribution in [0.1, 0.15) is 5.56 Å². The van der Waals surface area contributed by atoms with E-state index in [0.29, 0.717) is 16.8 Å². The Bertz CT molecular complexity index is 481. The predicted molar refractivity (Wildman–Crippen MR) is 47.4 cm³/mol. The molecule has 0 aliphatic carbocycles. The molecule has 0 atom stereocenters. The molecule has 0 saturated heterocycles. The molecule has 0 radical (unpaired) electrons. The van der Waals surface area contributed by atoms with Gasteiger partial charge in [0, 0.05) is 0 Å². The van der Waals surface area contributed by atoms with Gasteiger partial charge >= 0.3 is 0 Å². The minimum Gasteiger partial charge on any atom is -0.493 e. The topological polar surface area (TPSA) is 61.7 Å². The second kappa shape index (κ2) is 2.79. The summed E-state index contributed by atoms with van der Waals surface area (Å²) in [5, 5.41) is 8.78. The van der Waals surface area contributed by atoms with Gasteiger partial charge in [-0.3, -0.25) is 0 Å². The molecule has 64 valence electrons. The van der Waals surface area contributed by atoms with Gasteiger partial charge in [-0.05, 0) is 12.1 Å². The van der Waals surface area contributed by atoms with Crippen LogP contribution in [0.15, 0.2) is 18.5 Å². The third kappa shape index (κ3) is 1.02. The maximum Gasteiger partial charge on any atom is 0.164 e. The van der Waals surface area contributed by atoms with Crippen molar-refractivity contribution < 1.29 is 4.74 Å². The molecule has 1 N–H and O–H groups in total. The van der Waals surface area contributed by atoms with Crippen molar-refractivity contribution in [3.8, 4) is 11.8 Å². The van der Waals surface area contributed by atoms with E-state index in [1.807, 2.05) is 12.1 Å². The van der Waals surface area contributed by atoms with Crippen LogP contribution in [0, 0.1) is 11.3 Å². The first-order valence-electron chi connectivity index (χ1n) is 3.77. The second-order valence-corrected chi connectivity index (χ2v) is 2.56. The SMILES string of the molecule is COc1c(C#N)ccc2[nH]cnc12. The summed E-state index contributed by atoms with van der Waals surface area (Å²) in [6.45, 7) is 0. The van der Waals surface area contributed by atoms with Crippen LogP contribution < -0.4 is 4.74 Å². The van der Waals surface area contributed by atoms with Gasteiger partial charge in [0.15, 0.2) is 5.75 Å². The molecule has 0 unspecified atom stereocenters. The molecule has 2 aromatic rings. The van der Waals surface area contributed by atoms with Crippen LogP contribution in [0.3, 0.4) is 0 Å². The standard InChI is InChI=1S/C9H7N3O/c1-13-9-6(4-10)2-3-7-8(9)12-5-11-7/h2-3,5H,1H3,(H,11,12). The fraction of sp³-hybridized carbons (Fsp3) is 0.111. The van der Waals surface area contributed by atoms with Crippen molar-refractivity contribution in [2.75, 3.05) is 7.11 Å². The number of hydrogen-bond donors (Lipinski definition) is 1. The molecule has 0 saturated carbocycles. The molecule has 1 aromatic heterocycles. The van der Waals surface area contributed by atoms with E-state index < -0.39 is 0 Å². The number of nitriles is 1. The molecular weight excluding hydrogens is 166 g/mol. The Morgan fingerprint density at radius 1 is 1.54 bits per heavy atom. The lowest BCUT2D eigenvalue weighted by molar-refractivity contribution is 0.417. The van der Waals surface area contributed by atoms with E-state index in [9.17, 15) is 0 Å². The monoisotopic (exact) mass is 173 g/mol. The summed E-state index contributed by atoms with van der Waals surface area (Å²) in [7, 11) is 1.53. The van der Waals surface area contributed by atoms with Gasteiger partial charge in [-0.2, -0.15) is 5.26 Å². The second-order valence-electron chi connectivity index (χ2n) is 2.56. The minimum absolute atomic E-state index is 0.502. The lowest BCUT2D eigenvalue weighted by Crippen LogP contribution is -1.88. The number of imidazole rings is 1. The Hall–Kier alpha value is -2.02. The Labute approximate surface area is 74.8 Å². The number of rotatable bonds is 1. The number of fused-ring (bicyclic) bond motifs is 1. The van der Waals surface area contributed by atoms with Gasteiger partial charge in [-0.15, -0.1) is 0 Å². The molecule has 0 aliphatic rings. The van der Waals surface area contributed by atoms with Gasteiger partial charge in [0.2, 0.25) is 0 Å². The summed E-state index contributed by atoms with van der Waals surface area (Å²) in [4.78, 5) is 7.01. The highest BCUT2D eigenvalue weighted by Gasteiger charge is 2.08. The first-order valence-corrected chi connectivity index (χ1v) is 3.77. The van der Waals surface area contributed by atoms with Crippen molar-refractivity contribution in [3.63, 3.8) is 0 Å². The van der Waals surface area contributed by atoms with E-state index >= 15 is 0 Å². The zero-order valence-electron chi connectivity index (χ0n) is 7.03. The molecule has 0 spiro atoms. The van der Waals surface area contributed by atoms with Gasteiger partial charge in [-0.1, -0.05) is 0 Å². The third-order valence-corrected chi connectivity index (χ3v) is 1.87. The summed E-state index contributed by atoms with van der Waals surface area (Å²) < 4.78 is 5.10. The number of benzene rings is 1. The molecule has 0 fully saturated rings. The van der Waals surface area contributed by atoms with E-state index in [1.54, 1.807) is 12.4 Å². The van der Waals surface area contributed by atoms with Gasteiger partial charge in [0.1, 0.15) is 11.6 Å². The normalized spacial score (nSPS) is 9.85. The summed E-state index contributed by atoms with van der Waals surface area (Å²) >= 11 is 0. The Morgan fingerprint density at radius 2 is 2.38 bits per heavy atom.